The SMILES string of the molecule is CCOC(=O)C1=C(COC(=O)CN2C(=O)[C@H]3CC=CC[C@@H]3C2=O)NC(=O)N[C@H]1CC. The minimum Gasteiger partial charge on any atom is -0.463 e. The van der Waals surface area contributed by atoms with Crippen molar-refractivity contribution in [3.63, 3.8) is 0 Å². The molecule has 0 saturated carbocycles. The Labute approximate surface area is 173 Å². The molecule has 2 aliphatic heterocycles. The fourth-order valence-electron chi connectivity index (χ4n) is 3.93. The molecule has 30 heavy (non-hydrogen) atoms. The van der Waals surface area contributed by atoms with Crippen molar-refractivity contribution in [3.05, 3.63) is 23.4 Å². The van der Waals surface area contributed by atoms with Crippen LogP contribution in [0.25, 0.3) is 0 Å². The van der Waals surface area contributed by atoms with E-state index in [-0.39, 0.29) is 36.3 Å². The molecule has 4 amide bonds. The summed E-state index contributed by atoms with van der Waals surface area (Å²) in [5.74, 6) is -3.04. The Kier molecular flexibility index (Phi) is 6.53. The number of hydrogen-bond acceptors (Lipinski definition) is 7. The maximum atomic E-state index is 12.5. The Morgan fingerprint density at radius 2 is 1.70 bits per heavy atom. The van der Waals surface area contributed by atoms with Gasteiger partial charge in [-0.25, -0.2) is 9.59 Å². The van der Waals surface area contributed by atoms with Crippen molar-refractivity contribution in [1.82, 2.24) is 15.5 Å². The quantitative estimate of drug-likeness (QED) is 0.347. The number of allylic oxidation sites excluding steroid dienone is 2. The molecule has 0 radical (unpaired) electrons. The molecule has 10 heteroatoms. The number of imide groups is 1. The Bertz CT molecular complexity index is 806. The van der Waals surface area contributed by atoms with E-state index in [4.69, 9.17) is 9.47 Å². The minimum absolute atomic E-state index is 0.120. The summed E-state index contributed by atoms with van der Waals surface area (Å²) in [5.41, 5.74) is 0.298. The van der Waals surface area contributed by atoms with E-state index in [1.807, 2.05) is 12.2 Å². The van der Waals surface area contributed by atoms with E-state index in [1.165, 1.54) is 0 Å². The second-order valence-electron chi connectivity index (χ2n) is 7.25. The van der Waals surface area contributed by atoms with Crippen molar-refractivity contribution in [2.24, 2.45) is 11.8 Å². The summed E-state index contributed by atoms with van der Waals surface area (Å²) in [6.45, 7) is 2.71. The summed E-state index contributed by atoms with van der Waals surface area (Å²) in [5, 5.41) is 5.09. The van der Waals surface area contributed by atoms with Crippen LogP contribution in [0.1, 0.15) is 33.1 Å². The number of carbonyl (C=O) groups is 5. The molecule has 0 aromatic heterocycles. The number of nitrogens with one attached hydrogen (secondary N) is 2. The Hall–Kier alpha value is -3.17. The molecule has 10 nitrogen and oxygen atoms in total. The molecule has 1 fully saturated rings. The van der Waals surface area contributed by atoms with E-state index in [1.54, 1.807) is 13.8 Å². The summed E-state index contributed by atoms with van der Waals surface area (Å²) in [6, 6.07) is -1.11. The molecule has 3 aliphatic rings. The van der Waals surface area contributed by atoms with Gasteiger partial charge in [0.1, 0.15) is 13.2 Å². The zero-order chi connectivity index (χ0) is 21.8. The van der Waals surface area contributed by atoms with Crippen LogP contribution in [0.3, 0.4) is 0 Å². The normalized spacial score (nSPS) is 25.6. The summed E-state index contributed by atoms with van der Waals surface area (Å²) >= 11 is 0. The zero-order valence-electron chi connectivity index (χ0n) is 16.9. The summed E-state index contributed by atoms with van der Waals surface area (Å²) in [4.78, 5) is 62.4. The molecule has 0 aromatic rings. The fraction of sp³-hybridized carbons (Fsp3) is 0.550. The topological polar surface area (TPSA) is 131 Å². The Morgan fingerprint density at radius 3 is 2.27 bits per heavy atom. The summed E-state index contributed by atoms with van der Waals surface area (Å²) in [7, 11) is 0. The first-order chi connectivity index (χ1) is 14.4. The van der Waals surface area contributed by atoms with Gasteiger partial charge in [0.25, 0.3) is 0 Å². The van der Waals surface area contributed by atoms with Crippen LogP contribution < -0.4 is 10.6 Å². The van der Waals surface area contributed by atoms with Crippen molar-refractivity contribution >= 4 is 29.8 Å². The number of fused-ring (bicyclic) bond motifs is 1. The highest BCUT2D eigenvalue weighted by Gasteiger charge is 2.47. The van der Waals surface area contributed by atoms with Crippen LogP contribution in [-0.4, -0.2) is 60.5 Å². The summed E-state index contributed by atoms with van der Waals surface area (Å²) in [6.07, 6.45) is 5.12. The molecule has 3 atom stereocenters. The van der Waals surface area contributed by atoms with E-state index >= 15 is 0 Å². The van der Waals surface area contributed by atoms with E-state index < -0.39 is 42.4 Å². The van der Waals surface area contributed by atoms with Gasteiger partial charge in [0.05, 0.1) is 35.8 Å². The average molecular weight is 419 g/mol. The van der Waals surface area contributed by atoms with Gasteiger partial charge in [-0.2, -0.15) is 0 Å². The fourth-order valence-corrected chi connectivity index (χ4v) is 3.93. The van der Waals surface area contributed by atoms with Crippen LogP contribution in [0, 0.1) is 11.8 Å². The first kappa shape index (κ1) is 21.5. The number of nitrogens with zero attached hydrogens (tertiary/aromatic N) is 1. The smallest absolute Gasteiger partial charge is 0.338 e. The van der Waals surface area contributed by atoms with Crippen molar-refractivity contribution < 1.29 is 33.4 Å². The van der Waals surface area contributed by atoms with Crippen molar-refractivity contribution in [2.75, 3.05) is 19.8 Å². The number of esters is 2. The predicted octanol–water partition coefficient (Wildman–Crippen LogP) is 0.389. The number of carbonyl (C=O) groups excluding carboxylic acids is 5. The zero-order valence-corrected chi connectivity index (χ0v) is 16.9. The van der Waals surface area contributed by atoms with Gasteiger partial charge in [0.15, 0.2) is 0 Å². The number of amides is 4. The van der Waals surface area contributed by atoms with E-state index in [2.05, 4.69) is 10.6 Å². The van der Waals surface area contributed by atoms with Crippen LogP contribution >= 0.6 is 0 Å². The van der Waals surface area contributed by atoms with Gasteiger partial charge in [-0.1, -0.05) is 19.1 Å². The van der Waals surface area contributed by atoms with Crippen LogP contribution in [0.2, 0.25) is 0 Å². The second kappa shape index (κ2) is 9.10. The minimum atomic E-state index is -0.806. The van der Waals surface area contributed by atoms with Gasteiger partial charge in [-0.15, -0.1) is 0 Å². The Balaban J connectivity index is 1.67. The highest BCUT2D eigenvalue weighted by molar-refractivity contribution is 6.07. The number of rotatable bonds is 7. The van der Waals surface area contributed by atoms with Gasteiger partial charge in [0.2, 0.25) is 11.8 Å². The van der Waals surface area contributed by atoms with Crippen molar-refractivity contribution in [2.45, 2.75) is 39.2 Å². The molecule has 3 rings (SSSR count). The maximum absolute atomic E-state index is 12.5. The van der Waals surface area contributed by atoms with Gasteiger partial charge in [-0.05, 0) is 26.2 Å². The molecular weight excluding hydrogens is 394 g/mol. The standard InChI is InChI=1S/C20H25N3O7/c1-3-13-16(19(27)29-4-2)14(22-20(28)21-13)10-30-15(24)9-23-17(25)11-7-5-6-8-12(11)18(23)26/h5-6,11-13H,3-4,7-10H2,1-2H3,(H2,21,22,28)/t11-,12-,13-/m0/s1. The number of urea groups is 1. The first-order valence-corrected chi connectivity index (χ1v) is 10.0. The lowest BCUT2D eigenvalue weighted by Crippen LogP contribution is -2.51. The molecule has 0 spiro atoms. The third-order valence-electron chi connectivity index (χ3n) is 5.41. The third-order valence-corrected chi connectivity index (χ3v) is 5.41. The van der Waals surface area contributed by atoms with Gasteiger partial charge >= 0.3 is 18.0 Å². The van der Waals surface area contributed by atoms with Crippen LogP contribution in [-0.2, 0) is 28.7 Å². The molecule has 1 saturated heterocycles. The lowest BCUT2D eigenvalue weighted by molar-refractivity contribution is -0.152. The molecule has 0 aromatic carbocycles. The summed E-state index contributed by atoms with van der Waals surface area (Å²) < 4.78 is 10.2. The maximum Gasteiger partial charge on any atom is 0.338 e. The lowest BCUT2D eigenvalue weighted by atomic mass is 9.85. The molecule has 0 unspecified atom stereocenters. The predicted molar refractivity (Wildman–Crippen MR) is 102 cm³/mol. The molecule has 1 aliphatic carbocycles. The lowest BCUT2D eigenvalue weighted by Gasteiger charge is -2.28. The van der Waals surface area contributed by atoms with Gasteiger partial charge in [-0.3, -0.25) is 19.3 Å². The number of ether oxygens (including phenoxy) is 2. The average Bonchev–Trinajstić information content (AvgIpc) is 2.97. The largest absolute Gasteiger partial charge is 0.463 e. The van der Waals surface area contributed by atoms with Crippen molar-refractivity contribution in [3.8, 4) is 0 Å². The first-order valence-electron chi connectivity index (χ1n) is 10.0. The molecule has 162 valence electrons. The second-order valence-corrected chi connectivity index (χ2v) is 7.25. The van der Waals surface area contributed by atoms with Crippen LogP contribution in [0.4, 0.5) is 4.79 Å². The molecule has 2 heterocycles. The van der Waals surface area contributed by atoms with E-state index in [9.17, 15) is 24.0 Å². The molecule has 2 N–H and O–H groups in total. The highest BCUT2D eigenvalue weighted by atomic mass is 16.5. The van der Waals surface area contributed by atoms with Crippen LogP contribution in [0.15, 0.2) is 23.4 Å². The number of hydrogen-bond donors (Lipinski definition) is 2. The molecule has 0 bridgehead atoms. The monoisotopic (exact) mass is 419 g/mol. The van der Waals surface area contributed by atoms with Gasteiger partial charge < -0.3 is 20.1 Å². The van der Waals surface area contributed by atoms with Crippen molar-refractivity contribution in [1.29, 1.82) is 0 Å². The highest BCUT2D eigenvalue weighted by Crippen LogP contribution is 2.34. The number of likely N-dealkylation sites (tertiary alicyclic amines) is 1. The van der Waals surface area contributed by atoms with Crippen LogP contribution in [0.5, 0.6) is 0 Å². The van der Waals surface area contributed by atoms with Gasteiger partial charge in [0, 0.05) is 0 Å². The molecular formula is C20H25N3O7. The Morgan fingerprint density at radius 1 is 1.07 bits per heavy atom. The van der Waals surface area contributed by atoms with E-state index in [0.29, 0.717) is 19.3 Å². The van der Waals surface area contributed by atoms with E-state index in [0.717, 1.165) is 4.90 Å². The third kappa shape index (κ3) is 4.22.